The smallest absolute Gasteiger partial charge is 0.330 e. The molecule has 8 nitrogen and oxygen atoms in total. The maximum atomic E-state index is 13.1. The van der Waals surface area contributed by atoms with Gasteiger partial charge in [0.15, 0.2) is 0 Å². The molecule has 1 aliphatic rings. The number of benzene rings is 2. The predicted octanol–water partition coefficient (Wildman–Crippen LogP) is 3.71. The molecule has 1 saturated heterocycles. The van der Waals surface area contributed by atoms with Gasteiger partial charge in [-0.3, -0.25) is 14.5 Å². The van der Waals surface area contributed by atoms with E-state index in [1.165, 1.54) is 6.08 Å². The van der Waals surface area contributed by atoms with E-state index in [1.807, 2.05) is 0 Å². The minimum atomic E-state index is -1.24. The van der Waals surface area contributed by atoms with Gasteiger partial charge in [0.05, 0.1) is 6.61 Å². The molecule has 0 bridgehead atoms. The zero-order chi connectivity index (χ0) is 24.0. The van der Waals surface area contributed by atoms with E-state index in [0.29, 0.717) is 29.3 Å². The van der Waals surface area contributed by atoms with Crippen LogP contribution in [0.3, 0.4) is 0 Å². The molecule has 0 radical (unpaired) electrons. The SMILES string of the molecule is CCOC(=O)/C=C/c1ccc(NC(=O)CN2C(=O)NC(CC)(c3ccc(Cl)cc3)C2=O)cc1. The Morgan fingerprint density at radius 1 is 1.09 bits per heavy atom. The molecule has 1 fully saturated rings. The van der Waals surface area contributed by atoms with Gasteiger partial charge in [-0.2, -0.15) is 0 Å². The van der Waals surface area contributed by atoms with E-state index in [-0.39, 0.29) is 0 Å². The van der Waals surface area contributed by atoms with Gasteiger partial charge in [-0.1, -0.05) is 42.8 Å². The average molecular weight is 470 g/mol. The Morgan fingerprint density at radius 2 is 1.76 bits per heavy atom. The molecule has 2 aromatic carbocycles. The number of halogens is 1. The zero-order valence-corrected chi connectivity index (χ0v) is 19.0. The van der Waals surface area contributed by atoms with Crippen LogP contribution in [0, 0.1) is 0 Å². The lowest BCUT2D eigenvalue weighted by Gasteiger charge is -2.25. The van der Waals surface area contributed by atoms with Crippen LogP contribution in [-0.2, 0) is 24.7 Å². The van der Waals surface area contributed by atoms with Gasteiger partial charge in [0, 0.05) is 16.8 Å². The number of amides is 4. The normalized spacial score (nSPS) is 17.8. The van der Waals surface area contributed by atoms with E-state index in [4.69, 9.17) is 16.3 Å². The summed E-state index contributed by atoms with van der Waals surface area (Å²) in [6.45, 7) is 3.38. The van der Waals surface area contributed by atoms with Crippen LogP contribution in [0.4, 0.5) is 10.5 Å². The summed E-state index contributed by atoms with van der Waals surface area (Å²) in [5.41, 5.74) is 0.585. The molecule has 0 aromatic heterocycles. The minimum Gasteiger partial charge on any atom is -0.463 e. The van der Waals surface area contributed by atoms with Crippen molar-refractivity contribution in [3.63, 3.8) is 0 Å². The number of hydrogen-bond acceptors (Lipinski definition) is 5. The highest BCUT2D eigenvalue weighted by Crippen LogP contribution is 2.33. The third-order valence-corrected chi connectivity index (χ3v) is 5.49. The maximum absolute atomic E-state index is 13.1. The molecule has 0 aliphatic carbocycles. The molecule has 9 heteroatoms. The van der Waals surface area contributed by atoms with Crippen LogP contribution < -0.4 is 10.6 Å². The topological polar surface area (TPSA) is 105 Å². The van der Waals surface area contributed by atoms with Crippen LogP contribution in [-0.4, -0.2) is 41.9 Å². The molecule has 33 heavy (non-hydrogen) atoms. The Hall–Kier alpha value is -3.65. The highest BCUT2D eigenvalue weighted by molar-refractivity contribution is 6.30. The number of esters is 1. The van der Waals surface area contributed by atoms with E-state index in [2.05, 4.69) is 10.6 Å². The summed E-state index contributed by atoms with van der Waals surface area (Å²) in [6.07, 6.45) is 3.23. The molecular formula is C24H24ClN3O5. The van der Waals surface area contributed by atoms with Gasteiger partial charge in [0.25, 0.3) is 5.91 Å². The highest BCUT2D eigenvalue weighted by atomic mass is 35.5. The van der Waals surface area contributed by atoms with Crippen molar-refractivity contribution < 1.29 is 23.9 Å². The second-order valence-electron chi connectivity index (χ2n) is 7.34. The molecule has 0 spiro atoms. The fourth-order valence-corrected chi connectivity index (χ4v) is 3.65. The molecule has 1 heterocycles. The number of imide groups is 1. The number of nitrogens with zero attached hydrogens (tertiary/aromatic N) is 1. The van der Waals surface area contributed by atoms with Crippen LogP contribution in [0.5, 0.6) is 0 Å². The quantitative estimate of drug-likeness (QED) is 0.348. The van der Waals surface area contributed by atoms with Crippen molar-refractivity contribution in [3.8, 4) is 0 Å². The molecule has 3 rings (SSSR count). The number of ether oxygens (including phenoxy) is 1. The lowest BCUT2D eigenvalue weighted by atomic mass is 9.87. The fourth-order valence-electron chi connectivity index (χ4n) is 3.52. The zero-order valence-electron chi connectivity index (χ0n) is 18.3. The van der Waals surface area contributed by atoms with Crippen molar-refractivity contribution in [2.45, 2.75) is 25.8 Å². The van der Waals surface area contributed by atoms with E-state index in [9.17, 15) is 19.2 Å². The molecular weight excluding hydrogens is 446 g/mol. The lowest BCUT2D eigenvalue weighted by Crippen LogP contribution is -2.44. The molecule has 172 valence electrons. The minimum absolute atomic E-state index is 0.296. The number of urea groups is 1. The lowest BCUT2D eigenvalue weighted by molar-refractivity contribution is -0.137. The third kappa shape index (κ3) is 5.40. The molecule has 0 saturated carbocycles. The van der Waals surface area contributed by atoms with Crippen LogP contribution >= 0.6 is 11.6 Å². The van der Waals surface area contributed by atoms with Crippen molar-refractivity contribution >= 4 is 47.2 Å². The van der Waals surface area contributed by atoms with E-state index in [1.54, 1.807) is 68.5 Å². The largest absolute Gasteiger partial charge is 0.463 e. The Balaban J connectivity index is 1.65. The first-order valence-electron chi connectivity index (χ1n) is 10.4. The van der Waals surface area contributed by atoms with Crippen molar-refractivity contribution in [3.05, 3.63) is 70.8 Å². The number of carbonyl (C=O) groups excluding carboxylic acids is 4. The summed E-state index contributed by atoms with van der Waals surface area (Å²) in [5, 5.41) is 5.91. The van der Waals surface area contributed by atoms with Crippen LogP contribution in [0.2, 0.25) is 5.02 Å². The van der Waals surface area contributed by atoms with Crippen molar-refractivity contribution in [2.75, 3.05) is 18.5 Å². The van der Waals surface area contributed by atoms with Gasteiger partial charge in [-0.15, -0.1) is 0 Å². The Labute approximate surface area is 196 Å². The Bertz CT molecular complexity index is 1080. The highest BCUT2D eigenvalue weighted by Gasteiger charge is 2.51. The van der Waals surface area contributed by atoms with Crippen LogP contribution in [0.25, 0.3) is 6.08 Å². The third-order valence-electron chi connectivity index (χ3n) is 5.24. The summed E-state index contributed by atoms with van der Waals surface area (Å²) in [7, 11) is 0. The van der Waals surface area contributed by atoms with Gasteiger partial charge < -0.3 is 15.4 Å². The summed E-state index contributed by atoms with van der Waals surface area (Å²) < 4.78 is 4.82. The summed E-state index contributed by atoms with van der Waals surface area (Å²) in [4.78, 5) is 50.5. The van der Waals surface area contributed by atoms with Gasteiger partial charge in [0.1, 0.15) is 12.1 Å². The van der Waals surface area contributed by atoms with E-state index in [0.717, 1.165) is 10.5 Å². The Kier molecular flexibility index (Phi) is 7.50. The maximum Gasteiger partial charge on any atom is 0.330 e. The van der Waals surface area contributed by atoms with Gasteiger partial charge >= 0.3 is 12.0 Å². The molecule has 2 aromatic rings. The number of rotatable bonds is 8. The number of nitrogens with one attached hydrogen (secondary N) is 2. The van der Waals surface area contributed by atoms with Crippen LogP contribution in [0.1, 0.15) is 31.4 Å². The summed E-state index contributed by atoms with van der Waals surface area (Å²) in [6, 6.07) is 12.8. The Morgan fingerprint density at radius 3 is 2.36 bits per heavy atom. The fraction of sp³-hybridized carbons (Fsp3) is 0.250. The standard InChI is InChI=1S/C24H24ClN3O5/c1-3-24(17-8-10-18(25)11-9-17)22(31)28(23(32)27-24)15-20(29)26-19-12-5-16(6-13-19)7-14-21(30)33-4-2/h5-14H,3-4,15H2,1-2H3,(H,26,29)(H,27,32)/b14-7+. The summed E-state index contributed by atoms with van der Waals surface area (Å²) >= 11 is 5.94. The van der Waals surface area contributed by atoms with Crippen molar-refractivity contribution in [2.24, 2.45) is 0 Å². The molecule has 2 N–H and O–H groups in total. The van der Waals surface area contributed by atoms with Gasteiger partial charge in [-0.05, 0) is 54.8 Å². The van der Waals surface area contributed by atoms with Gasteiger partial charge in [-0.25, -0.2) is 9.59 Å². The second kappa shape index (κ2) is 10.3. The monoisotopic (exact) mass is 469 g/mol. The number of anilines is 1. The number of carbonyl (C=O) groups is 4. The first-order chi connectivity index (χ1) is 15.8. The molecule has 1 unspecified atom stereocenters. The van der Waals surface area contributed by atoms with E-state index >= 15 is 0 Å². The molecule has 1 atom stereocenters. The van der Waals surface area contributed by atoms with Crippen molar-refractivity contribution in [1.82, 2.24) is 10.2 Å². The van der Waals surface area contributed by atoms with Crippen molar-refractivity contribution in [1.29, 1.82) is 0 Å². The summed E-state index contributed by atoms with van der Waals surface area (Å²) in [5.74, 6) is -1.45. The molecule has 1 aliphatic heterocycles. The second-order valence-corrected chi connectivity index (χ2v) is 7.78. The first-order valence-corrected chi connectivity index (χ1v) is 10.8. The number of hydrogen-bond donors (Lipinski definition) is 2. The predicted molar refractivity (Wildman–Crippen MR) is 124 cm³/mol. The average Bonchev–Trinajstić information content (AvgIpc) is 3.04. The van der Waals surface area contributed by atoms with Gasteiger partial charge in [0.2, 0.25) is 5.91 Å². The first kappa shape index (κ1) is 24.0. The molecule has 4 amide bonds. The van der Waals surface area contributed by atoms with Crippen LogP contribution in [0.15, 0.2) is 54.6 Å². The van der Waals surface area contributed by atoms with E-state index < -0.39 is 35.9 Å².